The average Bonchev–Trinajstić information content (AvgIpc) is 2.53. The maximum Gasteiger partial charge on any atom is -0.00962 e. The predicted molar refractivity (Wildman–Crippen MR) is 102 cm³/mol. The zero-order chi connectivity index (χ0) is 16.0. The van der Waals surface area contributed by atoms with E-state index in [9.17, 15) is 0 Å². The Bertz CT molecular complexity index is 981. The Morgan fingerprint density at radius 3 is 1.48 bits per heavy atom. The average molecular weight is 298 g/mol. The summed E-state index contributed by atoms with van der Waals surface area (Å²) in [6, 6.07) is 24.5. The van der Waals surface area contributed by atoms with Crippen molar-refractivity contribution in [3.63, 3.8) is 0 Å². The van der Waals surface area contributed by atoms with E-state index in [0.717, 1.165) is 6.42 Å². The topological polar surface area (TPSA) is 0 Å². The molecule has 0 amide bonds. The lowest BCUT2D eigenvalue weighted by Gasteiger charge is -2.19. The molecule has 4 aromatic rings. The lowest BCUT2D eigenvalue weighted by Crippen LogP contribution is -2.08. The van der Waals surface area contributed by atoms with Gasteiger partial charge in [-0.15, -0.1) is 0 Å². The molecule has 23 heavy (non-hydrogen) atoms. The second kappa shape index (κ2) is 5.09. The summed E-state index contributed by atoms with van der Waals surface area (Å²) in [4.78, 5) is 0. The number of hydrogen-bond donors (Lipinski definition) is 0. The molecule has 0 atom stereocenters. The van der Waals surface area contributed by atoms with Crippen molar-refractivity contribution >= 4 is 32.3 Å². The van der Waals surface area contributed by atoms with Crippen molar-refractivity contribution in [1.29, 1.82) is 0 Å². The molecular weight excluding hydrogens is 276 g/mol. The van der Waals surface area contributed by atoms with Crippen molar-refractivity contribution in [2.24, 2.45) is 5.41 Å². The van der Waals surface area contributed by atoms with Crippen LogP contribution in [0.4, 0.5) is 0 Å². The highest BCUT2D eigenvalue weighted by Crippen LogP contribution is 2.36. The lowest BCUT2D eigenvalue weighted by molar-refractivity contribution is 0.411. The molecule has 0 nitrogen and oxygen atoms in total. The predicted octanol–water partition coefficient (Wildman–Crippen LogP) is 6.73. The quantitative estimate of drug-likeness (QED) is 0.341. The molecule has 0 saturated carbocycles. The summed E-state index contributed by atoms with van der Waals surface area (Å²) in [6.45, 7) is 6.90. The molecule has 0 saturated heterocycles. The van der Waals surface area contributed by atoms with Gasteiger partial charge in [-0.2, -0.15) is 0 Å². The number of rotatable bonds is 1. The van der Waals surface area contributed by atoms with Gasteiger partial charge in [-0.3, -0.25) is 0 Å². The first-order valence-corrected chi connectivity index (χ1v) is 8.35. The number of fused-ring (bicyclic) bond motifs is 6. The van der Waals surface area contributed by atoms with E-state index in [1.807, 2.05) is 0 Å². The molecule has 0 bridgehead atoms. The van der Waals surface area contributed by atoms with Crippen molar-refractivity contribution in [1.82, 2.24) is 0 Å². The Labute approximate surface area is 137 Å². The van der Waals surface area contributed by atoms with E-state index < -0.39 is 0 Å². The minimum absolute atomic E-state index is 0.306. The summed E-state index contributed by atoms with van der Waals surface area (Å²) >= 11 is 0. The van der Waals surface area contributed by atoms with Crippen molar-refractivity contribution in [3.8, 4) is 0 Å². The summed E-state index contributed by atoms with van der Waals surface area (Å²) in [6.07, 6.45) is 1.10. The van der Waals surface area contributed by atoms with Crippen LogP contribution in [0.15, 0.2) is 66.7 Å². The molecule has 0 unspecified atom stereocenters. The Morgan fingerprint density at radius 1 is 0.565 bits per heavy atom. The molecule has 114 valence electrons. The molecule has 0 heteroatoms. The van der Waals surface area contributed by atoms with Crippen LogP contribution in [0.2, 0.25) is 0 Å². The summed E-state index contributed by atoms with van der Waals surface area (Å²) in [5.74, 6) is 0. The minimum Gasteiger partial charge on any atom is -0.0616 e. The van der Waals surface area contributed by atoms with Gasteiger partial charge < -0.3 is 0 Å². The second-order valence-electron chi connectivity index (χ2n) is 7.71. The number of hydrogen-bond acceptors (Lipinski definition) is 0. The van der Waals surface area contributed by atoms with Crippen LogP contribution in [0.25, 0.3) is 32.3 Å². The smallest absolute Gasteiger partial charge is 0.00962 e. The third-order valence-electron chi connectivity index (χ3n) is 4.54. The van der Waals surface area contributed by atoms with Crippen LogP contribution in [0.1, 0.15) is 26.3 Å². The van der Waals surface area contributed by atoms with Gasteiger partial charge in [-0.05, 0) is 49.7 Å². The van der Waals surface area contributed by atoms with Gasteiger partial charge in [-0.25, -0.2) is 0 Å². The minimum atomic E-state index is 0.306. The highest BCUT2D eigenvalue weighted by atomic mass is 14.2. The molecule has 0 radical (unpaired) electrons. The van der Waals surface area contributed by atoms with Crippen LogP contribution in [0, 0.1) is 5.41 Å². The Kier molecular flexibility index (Phi) is 3.16. The molecule has 0 aromatic heterocycles. The van der Waals surface area contributed by atoms with Gasteiger partial charge in [0.2, 0.25) is 0 Å². The Balaban J connectivity index is 2.13. The molecule has 0 spiro atoms. The molecule has 0 N–H and O–H groups in total. The van der Waals surface area contributed by atoms with Crippen LogP contribution in [0.3, 0.4) is 0 Å². The van der Waals surface area contributed by atoms with E-state index in [2.05, 4.69) is 87.5 Å². The largest absolute Gasteiger partial charge is 0.0616 e. The first kappa shape index (κ1) is 14.3. The molecule has 0 aliphatic rings. The lowest BCUT2D eigenvalue weighted by atomic mass is 9.86. The summed E-state index contributed by atoms with van der Waals surface area (Å²) < 4.78 is 0. The normalized spacial score (nSPS) is 12.3. The van der Waals surface area contributed by atoms with Crippen LogP contribution in [0.5, 0.6) is 0 Å². The highest BCUT2D eigenvalue weighted by Gasteiger charge is 2.13. The molecule has 4 aromatic carbocycles. The van der Waals surface area contributed by atoms with Crippen molar-refractivity contribution in [2.75, 3.05) is 0 Å². The van der Waals surface area contributed by atoms with Crippen molar-refractivity contribution in [3.05, 3.63) is 72.3 Å². The third kappa shape index (κ3) is 2.49. The zero-order valence-corrected chi connectivity index (χ0v) is 14.1. The fourth-order valence-electron chi connectivity index (χ4n) is 3.68. The van der Waals surface area contributed by atoms with Gasteiger partial charge in [0.05, 0.1) is 0 Å². The molecule has 0 heterocycles. The SMILES string of the molecule is CC(C)(C)Cc1ccc2c3ccccc3c3ccccc3c2c1. The van der Waals surface area contributed by atoms with E-state index in [1.165, 1.54) is 37.9 Å². The van der Waals surface area contributed by atoms with E-state index in [0.29, 0.717) is 5.41 Å². The first-order valence-electron chi connectivity index (χ1n) is 8.35. The van der Waals surface area contributed by atoms with E-state index in [4.69, 9.17) is 0 Å². The van der Waals surface area contributed by atoms with Gasteiger partial charge in [0.1, 0.15) is 0 Å². The summed E-state index contributed by atoms with van der Waals surface area (Å²) in [7, 11) is 0. The molecule has 0 fully saturated rings. The van der Waals surface area contributed by atoms with E-state index >= 15 is 0 Å². The molecule has 0 aliphatic carbocycles. The van der Waals surface area contributed by atoms with E-state index in [1.54, 1.807) is 0 Å². The number of benzene rings is 4. The van der Waals surface area contributed by atoms with Crippen molar-refractivity contribution < 1.29 is 0 Å². The summed E-state index contributed by atoms with van der Waals surface area (Å²) in [5, 5.41) is 8.14. The first-order chi connectivity index (χ1) is 11.0. The zero-order valence-electron chi connectivity index (χ0n) is 14.1. The van der Waals surface area contributed by atoms with Gasteiger partial charge in [0, 0.05) is 0 Å². The van der Waals surface area contributed by atoms with E-state index in [-0.39, 0.29) is 0 Å². The fraction of sp³-hybridized carbons (Fsp3) is 0.217. The fourth-order valence-corrected chi connectivity index (χ4v) is 3.68. The maximum atomic E-state index is 2.40. The van der Waals surface area contributed by atoms with Crippen LogP contribution < -0.4 is 0 Å². The van der Waals surface area contributed by atoms with Gasteiger partial charge in [-0.1, -0.05) is 87.5 Å². The van der Waals surface area contributed by atoms with Gasteiger partial charge >= 0.3 is 0 Å². The van der Waals surface area contributed by atoms with Crippen LogP contribution in [-0.2, 0) is 6.42 Å². The standard InChI is InChI=1S/C23H22/c1-23(2,3)15-16-12-13-21-19-10-5-4-8-17(19)18-9-6-7-11-20(18)22(21)14-16/h4-14H,15H2,1-3H3. The molecule has 0 aliphatic heterocycles. The maximum absolute atomic E-state index is 2.40. The van der Waals surface area contributed by atoms with Gasteiger partial charge in [0.25, 0.3) is 0 Å². The summed E-state index contributed by atoms with van der Waals surface area (Å²) in [5.41, 5.74) is 1.73. The Morgan fingerprint density at radius 2 is 1.00 bits per heavy atom. The van der Waals surface area contributed by atoms with Crippen LogP contribution in [-0.4, -0.2) is 0 Å². The second-order valence-corrected chi connectivity index (χ2v) is 7.71. The Hall–Kier alpha value is -2.34. The highest BCUT2D eigenvalue weighted by molar-refractivity contribution is 6.25. The van der Waals surface area contributed by atoms with Crippen molar-refractivity contribution in [2.45, 2.75) is 27.2 Å². The molecular formula is C23H22. The monoisotopic (exact) mass is 298 g/mol. The van der Waals surface area contributed by atoms with Crippen LogP contribution >= 0.6 is 0 Å². The van der Waals surface area contributed by atoms with Gasteiger partial charge in [0.15, 0.2) is 0 Å². The molecule has 4 rings (SSSR count). The third-order valence-corrected chi connectivity index (χ3v) is 4.54.